The van der Waals surface area contributed by atoms with Crippen LogP contribution in [0.15, 0.2) is 64.2 Å². The van der Waals surface area contributed by atoms with Gasteiger partial charge < -0.3 is 34.4 Å². The topological polar surface area (TPSA) is 147 Å². The molecule has 14 heteroatoms. The predicted octanol–water partition coefficient (Wildman–Crippen LogP) is 5.52. The molecule has 48 heavy (non-hydrogen) atoms. The lowest BCUT2D eigenvalue weighted by Crippen LogP contribution is -2.48. The number of aliphatic hydroxyl groups is 1. The van der Waals surface area contributed by atoms with E-state index in [1.807, 2.05) is 13.8 Å². The maximum absolute atomic E-state index is 14.3. The number of likely N-dealkylation sites (N-methyl/N-ethyl adjacent to an activating group) is 1. The minimum Gasteiger partial charge on any atom is -0.497 e. The molecule has 1 aliphatic heterocycles. The number of fused-ring (bicyclic) bond motifs is 1. The molecule has 0 saturated heterocycles. The van der Waals surface area contributed by atoms with Crippen LogP contribution in [-0.2, 0) is 14.8 Å². The van der Waals surface area contributed by atoms with Crippen LogP contribution in [0.3, 0.4) is 0 Å². The lowest BCUT2D eigenvalue weighted by Gasteiger charge is -2.35. The molecule has 1 aromatic heterocycles. The van der Waals surface area contributed by atoms with Crippen molar-refractivity contribution in [2.24, 2.45) is 5.92 Å². The van der Waals surface area contributed by atoms with Crippen molar-refractivity contribution in [3.8, 4) is 11.5 Å². The summed E-state index contributed by atoms with van der Waals surface area (Å²) in [6.07, 6.45) is 1.61. The number of ether oxygens (including phenoxy) is 3. The summed E-state index contributed by atoms with van der Waals surface area (Å²) in [7, 11) is -0.599. The van der Waals surface area contributed by atoms with E-state index in [9.17, 15) is 23.1 Å². The summed E-state index contributed by atoms with van der Waals surface area (Å²) in [5.74, 6) is 0.322. The number of thiophene rings is 1. The molecular weight excluding hydrogens is 657 g/mol. The second-order valence-electron chi connectivity index (χ2n) is 12.1. The van der Waals surface area contributed by atoms with E-state index in [0.717, 1.165) is 24.2 Å². The zero-order valence-corrected chi connectivity index (χ0v) is 29.7. The van der Waals surface area contributed by atoms with E-state index in [4.69, 9.17) is 14.2 Å². The van der Waals surface area contributed by atoms with Crippen molar-refractivity contribution in [3.63, 3.8) is 0 Å². The number of anilines is 2. The third kappa shape index (κ3) is 9.84. The van der Waals surface area contributed by atoms with Gasteiger partial charge in [0.05, 0.1) is 37.5 Å². The largest absolute Gasteiger partial charge is 0.497 e. The van der Waals surface area contributed by atoms with Crippen LogP contribution in [0.2, 0.25) is 0 Å². The SMILES string of the molecule is COc1ccc(NC(=O)N(C)C[C@@H]2OCCCC[C@H](C)Oc3ccc(NS(=O)(=O)c4cccs4)cc3C(=O)N([C@@H](C)CO)C[C@@H]2C)cc1. The number of rotatable bonds is 9. The first-order valence-electron chi connectivity index (χ1n) is 16.0. The standard InChI is InChI=1S/C34H46N4O8S2/c1-23-20-38(24(2)22-39)33(40)29-19-27(36-48(42,43)32-10-8-18-47-32)13-16-30(29)46-25(3)9-6-7-17-45-31(23)21-37(4)34(41)35-26-11-14-28(44-5)15-12-26/h8,10-16,18-19,23-25,31,36,39H,6-7,9,17,20-22H2,1-5H3,(H,35,41)/t23-,24-,25-,31-/m0/s1. The highest BCUT2D eigenvalue weighted by atomic mass is 32.2. The van der Waals surface area contributed by atoms with Gasteiger partial charge in [-0.15, -0.1) is 11.3 Å². The molecule has 3 aromatic rings. The minimum absolute atomic E-state index is 0.150. The fourth-order valence-electron chi connectivity index (χ4n) is 5.32. The van der Waals surface area contributed by atoms with Crippen LogP contribution in [0.1, 0.15) is 50.4 Å². The number of amides is 3. The quantitative estimate of drug-likeness (QED) is 0.264. The molecule has 0 fully saturated rings. The van der Waals surface area contributed by atoms with E-state index >= 15 is 0 Å². The number of carbonyl (C=O) groups excluding carboxylic acids is 2. The van der Waals surface area contributed by atoms with Gasteiger partial charge >= 0.3 is 6.03 Å². The van der Waals surface area contributed by atoms with Crippen molar-refractivity contribution in [1.82, 2.24) is 9.80 Å². The van der Waals surface area contributed by atoms with Crippen molar-refractivity contribution >= 4 is 44.7 Å². The van der Waals surface area contributed by atoms with Crippen molar-refractivity contribution in [2.75, 3.05) is 50.5 Å². The van der Waals surface area contributed by atoms with Crippen LogP contribution < -0.4 is 19.5 Å². The van der Waals surface area contributed by atoms with E-state index in [1.54, 1.807) is 78.7 Å². The smallest absolute Gasteiger partial charge is 0.321 e. The molecule has 0 radical (unpaired) electrons. The molecule has 0 spiro atoms. The Labute approximate surface area is 287 Å². The van der Waals surface area contributed by atoms with E-state index < -0.39 is 28.1 Å². The average Bonchev–Trinajstić information content (AvgIpc) is 3.63. The van der Waals surface area contributed by atoms with Crippen LogP contribution in [0.5, 0.6) is 11.5 Å². The molecule has 0 bridgehead atoms. The van der Waals surface area contributed by atoms with E-state index in [2.05, 4.69) is 10.0 Å². The number of sulfonamides is 1. The molecule has 12 nitrogen and oxygen atoms in total. The number of methoxy groups -OCH3 is 1. The fourth-order valence-corrected chi connectivity index (χ4v) is 7.36. The summed E-state index contributed by atoms with van der Waals surface area (Å²) in [4.78, 5) is 30.6. The minimum atomic E-state index is -3.86. The molecule has 4 atom stereocenters. The van der Waals surface area contributed by atoms with Gasteiger partial charge in [0.1, 0.15) is 15.7 Å². The van der Waals surface area contributed by atoms with Crippen LogP contribution in [-0.4, -0.2) is 94.0 Å². The molecule has 4 rings (SSSR count). The van der Waals surface area contributed by atoms with Gasteiger partial charge in [-0.05, 0) is 87.0 Å². The Hall–Kier alpha value is -3.85. The Kier molecular flexibility index (Phi) is 13.1. The van der Waals surface area contributed by atoms with Gasteiger partial charge in [-0.1, -0.05) is 13.0 Å². The maximum Gasteiger partial charge on any atom is 0.321 e. The van der Waals surface area contributed by atoms with Crippen LogP contribution in [0.25, 0.3) is 0 Å². The molecule has 3 N–H and O–H groups in total. The zero-order chi connectivity index (χ0) is 34.8. The number of nitrogens with zero attached hydrogens (tertiary/aromatic N) is 2. The number of nitrogens with one attached hydrogen (secondary N) is 2. The van der Waals surface area contributed by atoms with E-state index in [1.165, 1.54) is 12.1 Å². The van der Waals surface area contributed by atoms with Crippen molar-refractivity contribution in [3.05, 3.63) is 65.5 Å². The number of hydrogen-bond donors (Lipinski definition) is 3. The lowest BCUT2D eigenvalue weighted by molar-refractivity contribution is -0.0115. The Balaban J connectivity index is 1.60. The van der Waals surface area contributed by atoms with Gasteiger partial charge in [0.2, 0.25) is 0 Å². The number of hydrogen-bond acceptors (Lipinski definition) is 9. The number of urea groups is 1. The second kappa shape index (κ2) is 17.0. The maximum atomic E-state index is 14.3. The highest BCUT2D eigenvalue weighted by Crippen LogP contribution is 2.30. The third-order valence-electron chi connectivity index (χ3n) is 8.21. The summed E-state index contributed by atoms with van der Waals surface area (Å²) >= 11 is 1.09. The van der Waals surface area contributed by atoms with Crippen LogP contribution in [0.4, 0.5) is 16.2 Å². The van der Waals surface area contributed by atoms with Gasteiger partial charge in [0.25, 0.3) is 15.9 Å². The van der Waals surface area contributed by atoms with Gasteiger partial charge in [-0.2, -0.15) is 0 Å². The molecule has 0 saturated carbocycles. The molecule has 262 valence electrons. The Morgan fingerprint density at radius 1 is 1.15 bits per heavy atom. The van der Waals surface area contributed by atoms with Crippen molar-refractivity contribution in [2.45, 2.75) is 62.5 Å². The van der Waals surface area contributed by atoms with Gasteiger partial charge in [-0.25, -0.2) is 13.2 Å². The van der Waals surface area contributed by atoms with Crippen LogP contribution >= 0.6 is 11.3 Å². The van der Waals surface area contributed by atoms with Crippen molar-refractivity contribution in [1.29, 1.82) is 0 Å². The highest BCUT2D eigenvalue weighted by Gasteiger charge is 2.31. The molecule has 2 aromatic carbocycles. The summed E-state index contributed by atoms with van der Waals surface area (Å²) in [6.45, 7) is 6.22. The molecule has 0 aliphatic carbocycles. The first-order valence-corrected chi connectivity index (χ1v) is 18.3. The first-order chi connectivity index (χ1) is 22.9. The van der Waals surface area contributed by atoms with Crippen molar-refractivity contribution < 1.29 is 37.3 Å². The molecule has 1 aliphatic rings. The predicted molar refractivity (Wildman–Crippen MR) is 187 cm³/mol. The summed E-state index contributed by atoms with van der Waals surface area (Å²) in [5, 5.41) is 14.8. The lowest BCUT2D eigenvalue weighted by atomic mass is 10.0. The van der Waals surface area contributed by atoms with Crippen LogP contribution in [0, 0.1) is 5.92 Å². The summed E-state index contributed by atoms with van der Waals surface area (Å²) < 4.78 is 46.5. The Morgan fingerprint density at radius 3 is 2.54 bits per heavy atom. The number of aliphatic hydroxyl groups excluding tert-OH is 1. The second-order valence-corrected chi connectivity index (χ2v) is 14.9. The normalized spacial score (nSPS) is 20.1. The number of carbonyl (C=O) groups is 2. The number of benzene rings is 2. The molecule has 3 amide bonds. The average molecular weight is 703 g/mol. The fraction of sp³-hybridized carbons (Fsp3) is 0.471. The molecular formula is C34H46N4O8S2. The molecule has 2 heterocycles. The Bertz CT molecular complexity index is 1600. The zero-order valence-electron chi connectivity index (χ0n) is 28.0. The highest BCUT2D eigenvalue weighted by molar-refractivity contribution is 7.94. The Morgan fingerprint density at radius 2 is 1.88 bits per heavy atom. The van der Waals surface area contributed by atoms with Gasteiger partial charge in [-0.3, -0.25) is 9.52 Å². The summed E-state index contributed by atoms with van der Waals surface area (Å²) in [6, 6.07) is 14.0. The summed E-state index contributed by atoms with van der Waals surface area (Å²) in [5.41, 5.74) is 1.00. The van der Waals surface area contributed by atoms with E-state index in [0.29, 0.717) is 30.2 Å². The van der Waals surface area contributed by atoms with E-state index in [-0.39, 0.29) is 53.2 Å². The van der Waals surface area contributed by atoms with Gasteiger partial charge in [0.15, 0.2) is 0 Å². The first kappa shape index (κ1) is 37.0. The van der Waals surface area contributed by atoms with Gasteiger partial charge in [0, 0.05) is 44.0 Å². The third-order valence-corrected chi connectivity index (χ3v) is 11.0. The monoisotopic (exact) mass is 702 g/mol. The molecule has 0 unspecified atom stereocenters.